The maximum Gasteiger partial charge on any atom is 0.238 e. The van der Waals surface area contributed by atoms with Gasteiger partial charge in [0.15, 0.2) is 0 Å². The molecule has 2 aliphatic rings. The molecule has 0 aromatic heterocycles. The normalized spacial score (nSPS) is 24.5. The molecular formula is C19H19N3O2S3. The number of hydrogen-bond acceptors (Lipinski definition) is 6. The summed E-state index contributed by atoms with van der Waals surface area (Å²) in [7, 11) is 1.66. The van der Waals surface area contributed by atoms with E-state index in [0.717, 1.165) is 27.1 Å². The van der Waals surface area contributed by atoms with Crippen LogP contribution >= 0.6 is 35.7 Å². The van der Waals surface area contributed by atoms with Gasteiger partial charge in [-0.3, -0.25) is 10.1 Å². The third-order valence-electron chi connectivity index (χ3n) is 4.43. The van der Waals surface area contributed by atoms with Gasteiger partial charge >= 0.3 is 0 Å². The van der Waals surface area contributed by atoms with Crippen molar-refractivity contribution in [2.45, 2.75) is 22.7 Å². The van der Waals surface area contributed by atoms with Gasteiger partial charge in [-0.05, 0) is 29.8 Å². The predicted molar refractivity (Wildman–Crippen MR) is 116 cm³/mol. The number of anilines is 1. The molecule has 140 valence electrons. The van der Waals surface area contributed by atoms with Gasteiger partial charge in [-0.2, -0.15) is 0 Å². The molecule has 3 atom stereocenters. The Morgan fingerprint density at radius 2 is 2.04 bits per heavy atom. The molecule has 2 aromatic rings. The number of para-hydroxylation sites is 1. The molecule has 2 fully saturated rings. The van der Waals surface area contributed by atoms with Crippen molar-refractivity contribution in [1.29, 1.82) is 0 Å². The lowest BCUT2D eigenvalue weighted by Crippen LogP contribution is -2.64. The van der Waals surface area contributed by atoms with E-state index in [0.29, 0.717) is 0 Å². The number of carbonyl (C=O) groups is 1. The van der Waals surface area contributed by atoms with Crippen LogP contribution in [0.15, 0.2) is 54.6 Å². The standard InChI is InChI=1S/C19H19N3O2S3/c1-24-14-9-5-6-12(10-14)11-26-18-20-16-15(17(23)21-18)27-19(25)22(16)13-7-3-2-4-8-13/h2-10,15-16,18,20H,11H2,1H3,(H,21,23). The van der Waals surface area contributed by atoms with Crippen molar-refractivity contribution in [3.63, 3.8) is 0 Å². The van der Waals surface area contributed by atoms with Crippen molar-refractivity contribution in [1.82, 2.24) is 10.6 Å². The van der Waals surface area contributed by atoms with Gasteiger partial charge < -0.3 is 15.0 Å². The van der Waals surface area contributed by atoms with E-state index in [1.165, 1.54) is 11.8 Å². The highest BCUT2D eigenvalue weighted by Gasteiger charge is 2.47. The number of fused-ring (bicyclic) bond motifs is 1. The van der Waals surface area contributed by atoms with Gasteiger partial charge in [0, 0.05) is 11.4 Å². The molecule has 0 radical (unpaired) electrons. The number of benzene rings is 2. The van der Waals surface area contributed by atoms with E-state index in [4.69, 9.17) is 17.0 Å². The van der Waals surface area contributed by atoms with E-state index in [1.54, 1.807) is 18.9 Å². The van der Waals surface area contributed by atoms with Crippen LogP contribution < -0.4 is 20.3 Å². The Morgan fingerprint density at radius 1 is 1.22 bits per heavy atom. The van der Waals surface area contributed by atoms with Crippen molar-refractivity contribution >= 4 is 51.7 Å². The second kappa shape index (κ2) is 8.10. The summed E-state index contributed by atoms with van der Waals surface area (Å²) in [5.41, 5.74) is 1.97. The molecule has 0 spiro atoms. The fourth-order valence-corrected chi connectivity index (χ4v) is 5.69. The maximum absolute atomic E-state index is 12.6. The van der Waals surface area contributed by atoms with Gasteiger partial charge in [0.05, 0.1) is 7.11 Å². The zero-order valence-corrected chi connectivity index (χ0v) is 17.1. The molecule has 0 saturated carbocycles. The van der Waals surface area contributed by atoms with Gasteiger partial charge in [0.25, 0.3) is 0 Å². The minimum absolute atomic E-state index is 0.0210. The summed E-state index contributed by atoms with van der Waals surface area (Å²) in [4.78, 5) is 14.7. The van der Waals surface area contributed by atoms with Crippen LogP contribution in [0.25, 0.3) is 0 Å². The second-order valence-corrected chi connectivity index (χ2v) is 9.04. The fourth-order valence-electron chi connectivity index (χ4n) is 3.13. The van der Waals surface area contributed by atoms with Crippen LogP contribution in [0.2, 0.25) is 0 Å². The van der Waals surface area contributed by atoms with E-state index in [-0.39, 0.29) is 22.8 Å². The van der Waals surface area contributed by atoms with Crippen molar-refractivity contribution in [3.05, 3.63) is 60.2 Å². The third-order valence-corrected chi connectivity index (χ3v) is 7.13. The largest absolute Gasteiger partial charge is 0.497 e. The SMILES string of the molecule is COc1cccc(CSC2NC(=O)C3SC(=S)N(c4ccccc4)C3N2)c1. The Hall–Kier alpha value is -1.74. The number of hydrogen-bond donors (Lipinski definition) is 2. The molecule has 5 nitrogen and oxygen atoms in total. The van der Waals surface area contributed by atoms with E-state index in [9.17, 15) is 4.79 Å². The predicted octanol–water partition coefficient (Wildman–Crippen LogP) is 3.16. The Morgan fingerprint density at radius 3 is 2.81 bits per heavy atom. The van der Waals surface area contributed by atoms with E-state index < -0.39 is 0 Å². The number of ether oxygens (including phenoxy) is 1. The number of amides is 1. The molecule has 2 aliphatic heterocycles. The van der Waals surface area contributed by atoms with Crippen LogP contribution in [0.3, 0.4) is 0 Å². The lowest BCUT2D eigenvalue weighted by Gasteiger charge is -2.36. The summed E-state index contributed by atoms with van der Waals surface area (Å²) in [5, 5.41) is 6.35. The number of rotatable bonds is 5. The Kier molecular flexibility index (Phi) is 5.58. The van der Waals surface area contributed by atoms with Crippen LogP contribution in [-0.4, -0.2) is 34.3 Å². The van der Waals surface area contributed by atoms with Crippen molar-refractivity contribution in [2.24, 2.45) is 0 Å². The van der Waals surface area contributed by atoms with Gasteiger partial charge in [-0.1, -0.05) is 54.3 Å². The molecular weight excluding hydrogens is 398 g/mol. The fraction of sp³-hybridized carbons (Fsp3) is 0.263. The first kappa shape index (κ1) is 18.6. The van der Waals surface area contributed by atoms with Gasteiger partial charge in [0.2, 0.25) is 5.91 Å². The summed E-state index contributed by atoms with van der Waals surface area (Å²) >= 11 is 8.63. The van der Waals surface area contributed by atoms with E-state index in [1.807, 2.05) is 53.4 Å². The molecule has 2 heterocycles. The molecule has 2 N–H and O–H groups in total. The number of methoxy groups -OCH3 is 1. The van der Waals surface area contributed by atoms with Crippen molar-refractivity contribution in [2.75, 3.05) is 12.0 Å². The highest BCUT2D eigenvalue weighted by atomic mass is 32.2. The lowest BCUT2D eigenvalue weighted by atomic mass is 10.2. The van der Waals surface area contributed by atoms with Crippen LogP contribution in [0.4, 0.5) is 5.69 Å². The van der Waals surface area contributed by atoms with Crippen molar-refractivity contribution < 1.29 is 9.53 Å². The minimum Gasteiger partial charge on any atom is -0.497 e. The summed E-state index contributed by atoms with van der Waals surface area (Å²) < 4.78 is 6.00. The molecule has 0 aliphatic carbocycles. The zero-order valence-electron chi connectivity index (χ0n) is 14.6. The quantitative estimate of drug-likeness (QED) is 0.725. The highest BCUT2D eigenvalue weighted by molar-refractivity contribution is 8.24. The zero-order chi connectivity index (χ0) is 18.8. The number of nitrogens with one attached hydrogen (secondary N) is 2. The average molecular weight is 418 g/mol. The monoisotopic (exact) mass is 417 g/mol. The minimum atomic E-state index is -0.244. The topological polar surface area (TPSA) is 53.6 Å². The van der Waals surface area contributed by atoms with Gasteiger partial charge in [-0.15, -0.1) is 11.8 Å². The summed E-state index contributed by atoms with van der Waals surface area (Å²) in [6.45, 7) is 0. The smallest absolute Gasteiger partial charge is 0.238 e. The third kappa shape index (κ3) is 3.94. The molecule has 1 amide bonds. The molecule has 2 aromatic carbocycles. The van der Waals surface area contributed by atoms with E-state index in [2.05, 4.69) is 16.7 Å². The molecule has 27 heavy (non-hydrogen) atoms. The van der Waals surface area contributed by atoms with E-state index >= 15 is 0 Å². The number of nitrogens with zero attached hydrogens (tertiary/aromatic N) is 1. The Bertz CT molecular complexity index is 849. The molecule has 0 bridgehead atoms. The maximum atomic E-state index is 12.6. The van der Waals surface area contributed by atoms with Crippen LogP contribution in [0.5, 0.6) is 5.75 Å². The summed E-state index contributed by atoms with van der Waals surface area (Å²) in [6.07, 6.45) is -0.151. The molecule has 8 heteroatoms. The van der Waals surface area contributed by atoms with Crippen LogP contribution in [0, 0.1) is 0 Å². The molecule has 3 unspecified atom stereocenters. The molecule has 4 rings (SSSR count). The summed E-state index contributed by atoms with van der Waals surface area (Å²) in [6, 6.07) is 17.9. The van der Waals surface area contributed by atoms with Crippen LogP contribution in [0.1, 0.15) is 5.56 Å². The first-order chi connectivity index (χ1) is 13.2. The van der Waals surface area contributed by atoms with Crippen molar-refractivity contribution in [3.8, 4) is 5.75 Å². The second-order valence-electron chi connectivity index (χ2n) is 6.17. The Balaban J connectivity index is 1.47. The average Bonchev–Trinajstić information content (AvgIpc) is 3.04. The van der Waals surface area contributed by atoms with Gasteiger partial charge in [-0.25, -0.2) is 0 Å². The first-order valence-electron chi connectivity index (χ1n) is 8.51. The number of thiocarbonyl (C=S) groups is 1. The summed E-state index contributed by atoms with van der Waals surface area (Å²) in [5.74, 6) is 1.62. The Labute approximate surface area is 172 Å². The number of thioether (sulfide) groups is 2. The lowest BCUT2D eigenvalue weighted by molar-refractivity contribution is -0.122. The molecule has 2 saturated heterocycles. The number of carbonyl (C=O) groups excluding carboxylic acids is 1. The highest BCUT2D eigenvalue weighted by Crippen LogP contribution is 2.37. The van der Waals surface area contributed by atoms with Gasteiger partial charge in [0.1, 0.15) is 27.0 Å². The van der Waals surface area contributed by atoms with Crippen LogP contribution in [-0.2, 0) is 10.5 Å². The first-order valence-corrected chi connectivity index (χ1v) is 10.9.